The number of hydrogen-bond acceptors (Lipinski definition) is 2. The number of para-hydroxylation sites is 1. The average molecular weight is 337 g/mol. The van der Waals surface area contributed by atoms with Crippen LogP contribution in [0.2, 0.25) is 0 Å². The Kier molecular flexibility index (Phi) is 4.55. The molecule has 4 nitrogen and oxygen atoms in total. The molecule has 25 heavy (non-hydrogen) atoms. The van der Waals surface area contributed by atoms with Gasteiger partial charge in [0, 0.05) is 18.9 Å². The van der Waals surface area contributed by atoms with Crippen LogP contribution in [-0.2, 0) is 11.3 Å². The standard InChI is InChI=1S/C21H27N3O/c1-14(2)12-17-19(21(17,4)5)20(25)23-13-16-8-6-7-9-18(16)24-11-10-22-15(24)3/h6-12,17,19H,13H2,1-5H3,(H,23,25)/t17-,19-/m1/s1. The van der Waals surface area contributed by atoms with E-state index >= 15 is 0 Å². The van der Waals surface area contributed by atoms with Crippen molar-refractivity contribution in [2.45, 2.75) is 41.2 Å². The van der Waals surface area contributed by atoms with E-state index in [9.17, 15) is 4.79 Å². The van der Waals surface area contributed by atoms with E-state index < -0.39 is 0 Å². The third kappa shape index (κ3) is 3.39. The number of imidazole rings is 1. The van der Waals surface area contributed by atoms with E-state index in [0.29, 0.717) is 12.5 Å². The fourth-order valence-corrected chi connectivity index (χ4v) is 3.67. The molecular weight excluding hydrogens is 310 g/mol. The maximum Gasteiger partial charge on any atom is 0.224 e. The van der Waals surface area contributed by atoms with Crippen molar-refractivity contribution in [1.29, 1.82) is 0 Å². The number of nitrogens with zero attached hydrogens (tertiary/aromatic N) is 2. The van der Waals surface area contributed by atoms with E-state index in [-0.39, 0.29) is 17.2 Å². The van der Waals surface area contributed by atoms with E-state index in [0.717, 1.165) is 17.1 Å². The lowest BCUT2D eigenvalue weighted by molar-refractivity contribution is -0.123. The van der Waals surface area contributed by atoms with Crippen molar-refractivity contribution in [3.63, 3.8) is 0 Å². The summed E-state index contributed by atoms with van der Waals surface area (Å²) < 4.78 is 2.05. The molecule has 0 aliphatic heterocycles. The lowest BCUT2D eigenvalue weighted by Gasteiger charge is -2.13. The Balaban J connectivity index is 1.72. The minimum absolute atomic E-state index is 0.0435. The number of rotatable bonds is 5. The number of carbonyl (C=O) groups excluding carboxylic acids is 1. The van der Waals surface area contributed by atoms with Crippen LogP contribution in [0, 0.1) is 24.2 Å². The number of aromatic nitrogens is 2. The van der Waals surface area contributed by atoms with Crippen LogP contribution in [0.15, 0.2) is 48.3 Å². The van der Waals surface area contributed by atoms with Crippen LogP contribution in [0.3, 0.4) is 0 Å². The summed E-state index contributed by atoms with van der Waals surface area (Å²) in [5, 5.41) is 3.14. The third-order valence-corrected chi connectivity index (χ3v) is 5.24. The van der Waals surface area contributed by atoms with Crippen molar-refractivity contribution >= 4 is 5.91 Å². The van der Waals surface area contributed by atoms with Crippen LogP contribution >= 0.6 is 0 Å². The zero-order valence-electron chi connectivity index (χ0n) is 15.7. The van der Waals surface area contributed by atoms with Gasteiger partial charge in [0.15, 0.2) is 0 Å². The molecule has 1 saturated carbocycles. The van der Waals surface area contributed by atoms with Gasteiger partial charge in [-0.1, -0.05) is 43.7 Å². The van der Waals surface area contributed by atoms with Crippen LogP contribution < -0.4 is 5.32 Å². The second-order valence-electron chi connectivity index (χ2n) is 7.76. The maximum atomic E-state index is 12.7. The summed E-state index contributed by atoms with van der Waals surface area (Å²) in [6, 6.07) is 8.13. The highest BCUT2D eigenvalue weighted by Gasteiger charge is 2.60. The monoisotopic (exact) mass is 337 g/mol. The predicted molar refractivity (Wildman–Crippen MR) is 100 cm³/mol. The molecular formula is C21H27N3O. The van der Waals surface area contributed by atoms with E-state index in [4.69, 9.17) is 0 Å². The number of aryl methyl sites for hydroxylation is 1. The fraction of sp³-hybridized carbons (Fsp3) is 0.429. The Morgan fingerprint density at radius 1 is 1.32 bits per heavy atom. The summed E-state index contributed by atoms with van der Waals surface area (Å²) in [6.45, 7) is 11.0. The maximum absolute atomic E-state index is 12.7. The van der Waals surface area contributed by atoms with Crippen LogP contribution in [0.4, 0.5) is 0 Å². The Hall–Kier alpha value is -2.36. The lowest BCUT2D eigenvalue weighted by atomic mass is 10.1. The normalized spacial score (nSPS) is 20.8. The Bertz CT molecular complexity index is 812. The summed E-state index contributed by atoms with van der Waals surface area (Å²) in [5.74, 6) is 1.48. The molecule has 1 aromatic heterocycles. The van der Waals surface area contributed by atoms with E-state index in [1.54, 1.807) is 6.20 Å². The molecule has 1 heterocycles. The molecule has 1 N–H and O–H groups in total. The minimum Gasteiger partial charge on any atom is -0.352 e. The summed E-state index contributed by atoms with van der Waals surface area (Å²) in [6.07, 6.45) is 5.97. The molecule has 1 aromatic carbocycles. The van der Waals surface area contributed by atoms with Gasteiger partial charge in [0.2, 0.25) is 5.91 Å². The highest BCUT2D eigenvalue weighted by molar-refractivity contribution is 5.83. The molecule has 0 radical (unpaired) electrons. The van der Waals surface area contributed by atoms with Crippen LogP contribution in [-0.4, -0.2) is 15.5 Å². The van der Waals surface area contributed by atoms with Crippen molar-refractivity contribution in [2.75, 3.05) is 0 Å². The van der Waals surface area contributed by atoms with Crippen LogP contribution in [0.25, 0.3) is 5.69 Å². The number of nitrogens with one attached hydrogen (secondary N) is 1. The first-order valence-corrected chi connectivity index (χ1v) is 8.83. The highest BCUT2D eigenvalue weighted by Crippen LogP contribution is 2.59. The van der Waals surface area contributed by atoms with Gasteiger partial charge < -0.3 is 9.88 Å². The summed E-state index contributed by atoms with van der Waals surface area (Å²) >= 11 is 0. The van der Waals surface area contributed by atoms with Gasteiger partial charge in [0.25, 0.3) is 0 Å². The molecule has 1 aliphatic carbocycles. The summed E-state index contributed by atoms with van der Waals surface area (Å²) in [7, 11) is 0. The van der Waals surface area contributed by atoms with Gasteiger partial charge in [-0.3, -0.25) is 4.79 Å². The van der Waals surface area contributed by atoms with Crippen molar-refractivity contribution in [2.24, 2.45) is 17.3 Å². The first-order chi connectivity index (χ1) is 11.8. The molecule has 2 atom stereocenters. The second kappa shape index (κ2) is 6.51. The minimum atomic E-state index is 0.0435. The van der Waals surface area contributed by atoms with Gasteiger partial charge in [-0.2, -0.15) is 0 Å². The second-order valence-corrected chi connectivity index (χ2v) is 7.76. The largest absolute Gasteiger partial charge is 0.352 e. The number of carbonyl (C=O) groups is 1. The molecule has 4 heteroatoms. The molecule has 132 valence electrons. The number of hydrogen-bond donors (Lipinski definition) is 1. The summed E-state index contributed by atoms with van der Waals surface area (Å²) in [5.41, 5.74) is 3.47. The van der Waals surface area contributed by atoms with Gasteiger partial charge in [-0.05, 0) is 43.7 Å². The van der Waals surface area contributed by atoms with Crippen LogP contribution in [0.1, 0.15) is 39.1 Å². The highest BCUT2D eigenvalue weighted by atomic mass is 16.2. The average Bonchev–Trinajstić information content (AvgIpc) is 2.88. The first kappa shape index (κ1) is 17.5. The van der Waals surface area contributed by atoms with E-state index in [1.807, 2.05) is 25.3 Å². The van der Waals surface area contributed by atoms with Gasteiger partial charge >= 0.3 is 0 Å². The molecule has 1 aliphatic rings. The van der Waals surface area contributed by atoms with Gasteiger partial charge in [0.1, 0.15) is 5.82 Å². The smallest absolute Gasteiger partial charge is 0.224 e. The quantitative estimate of drug-likeness (QED) is 0.837. The zero-order chi connectivity index (χ0) is 18.2. The van der Waals surface area contributed by atoms with E-state index in [1.165, 1.54) is 5.57 Å². The van der Waals surface area contributed by atoms with Crippen molar-refractivity contribution in [3.8, 4) is 5.69 Å². The molecule has 1 amide bonds. The Labute approximate surface area is 150 Å². The molecule has 0 unspecified atom stereocenters. The number of allylic oxidation sites excluding steroid dienone is 2. The van der Waals surface area contributed by atoms with Gasteiger partial charge in [-0.25, -0.2) is 4.98 Å². The molecule has 2 aromatic rings. The molecule has 1 fully saturated rings. The number of benzene rings is 1. The topological polar surface area (TPSA) is 46.9 Å². The van der Waals surface area contributed by atoms with Crippen molar-refractivity contribution < 1.29 is 4.79 Å². The van der Waals surface area contributed by atoms with E-state index in [2.05, 4.69) is 60.8 Å². The first-order valence-electron chi connectivity index (χ1n) is 8.83. The molecule has 0 spiro atoms. The molecule has 0 bridgehead atoms. The fourth-order valence-electron chi connectivity index (χ4n) is 3.67. The number of amides is 1. The predicted octanol–water partition coefficient (Wildman–Crippen LogP) is 4.04. The zero-order valence-corrected chi connectivity index (χ0v) is 15.7. The lowest BCUT2D eigenvalue weighted by Crippen LogP contribution is -2.27. The Morgan fingerprint density at radius 2 is 2.04 bits per heavy atom. The van der Waals surface area contributed by atoms with Crippen molar-refractivity contribution in [3.05, 3.63) is 59.7 Å². The molecule has 3 rings (SSSR count). The van der Waals surface area contributed by atoms with Crippen LogP contribution in [0.5, 0.6) is 0 Å². The Morgan fingerprint density at radius 3 is 2.68 bits per heavy atom. The molecule has 0 saturated heterocycles. The third-order valence-electron chi connectivity index (χ3n) is 5.24. The van der Waals surface area contributed by atoms with Gasteiger partial charge in [-0.15, -0.1) is 0 Å². The van der Waals surface area contributed by atoms with Crippen molar-refractivity contribution in [1.82, 2.24) is 14.9 Å². The summed E-state index contributed by atoms with van der Waals surface area (Å²) in [4.78, 5) is 17.0. The van der Waals surface area contributed by atoms with Gasteiger partial charge in [0.05, 0.1) is 11.6 Å². The SMILES string of the molecule is CC(C)=C[C@@H]1[C@H](C(=O)NCc2ccccc2-n2ccnc2C)C1(C)C.